The quantitative estimate of drug-likeness (QED) is 0.376. The van der Waals surface area contributed by atoms with Gasteiger partial charge in [0.05, 0.1) is 4.90 Å². The van der Waals surface area contributed by atoms with Gasteiger partial charge in [0, 0.05) is 29.7 Å². The summed E-state index contributed by atoms with van der Waals surface area (Å²) in [6.07, 6.45) is 0.774. The van der Waals surface area contributed by atoms with Gasteiger partial charge in [0.15, 0.2) is 11.5 Å². The minimum atomic E-state index is -4.03. The Morgan fingerprint density at radius 2 is 1.63 bits per heavy atom. The van der Waals surface area contributed by atoms with Gasteiger partial charge in [-0.25, -0.2) is 8.42 Å². The fourth-order valence-electron chi connectivity index (χ4n) is 4.36. The summed E-state index contributed by atoms with van der Waals surface area (Å²) in [5, 5.41) is 0.441. The summed E-state index contributed by atoms with van der Waals surface area (Å²) in [7, 11) is -4.03. The molecule has 0 saturated heterocycles. The fourth-order valence-corrected chi connectivity index (χ4v) is 5.82. The Bertz CT molecular complexity index is 1520. The summed E-state index contributed by atoms with van der Waals surface area (Å²) in [4.78, 5) is 6.49. The lowest BCUT2D eigenvalue weighted by Gasteiger charge is -2.28. The highest BCUT2D eigenvalue weighted by Crippen LogP contribution is 2.39. The predicted molar refractivity (Wildman–Crippen MR) is 131 cm³/mol. The van der Waals surface area contributed by atoms with Gasteiger partial charge in [0.2, 0.25) is 26.6 Å². The van der Waals surface area contributed by atoms with Crippen molar-refractivity contribution < 1.29 is 22.3 Å². The maximum Gasteiger partial charge on any atom is 0.236 e. The molecule has 0 fully saturated rings. The van der Waals surface area contributed by atoms with E-state index in [0.717, 1.165) is 12.0 Å². The van der Waals surface area contributed by atoms with E-state index in [1.54, 1.807) is 30.3 Å². The van der Waals surface area contributed by atoms with E-state index in [-0.39, 0.29) is 21.7 Å². The zero-order valence-electron chi connectivity index (χ0n) is 18.6. The first-order chi connectivity index (χ1) is 17.0. The third-order valence-electron chi connectivity index (χ3n) is 6.17. The first-order valence-electron chi connectivity index (χ1n) is 11.2. The number of benzene rings is 3. The molecular weight excluding hydrogens is 488 g/mol. The maximum absolute atomic E-state index is 13.9. The Hall–Kier alpha value is -3.49. The summed E-state index contributed by atoms with van der Waals surface area (Å²) in [6.45, 7) is 1.91. The van der Waals surface area contributed by atoms with Crippen LogP contribution < -0.4 is 14.4 Å². The highest BCUT2D eigenvalue weighted by Gasteiger charge is 2.33. The van der Waals surface area contributed by atoms with Crippen molar-refractivity contribution >= 4 is 27.3 Å². The lowest BCUT2D eigenvalue weighted by atomic mass is 10.0. The van der Waals surface area contributed by atoms with Crippen LogP contribution in [0.4, 0.5) is 5.88 Å². The Morgan fingerprint density at radius 1 is 0.886 bits per heavy atom. The lowest BCUT2D eigenvalue weighted by Crippen LogP contribution is -2.31. The number of aromatic nitrogens is 1. The number of anilines is 1. The fraction of sp³-hybridized carbons (Fsp3) is 0.192. The van der Waals surface area contributed by atoms with Crippen LogP contribution in [0.3, 0.4) is 0 Å². The number of rotatable bonds is 4. The van der Waals surface area contributed by atoms with Crippen molar-refractivity contribution in [1.29, 1.82) is 0 Å². The van der Waals surface area contributed by atoms with Gasteiger partial charge in [-0.15, -0.1) is 0 Å². The second-order valence-electron chi connectivity index (χ2n) is 8.39. The van der Waals surface area contributed by atoms with Gasteiger partial charge in [-0.3, -0.25) is 0 Å². The van der Waals surface area contributed by atoms with Gasteiger partial charge in [-0.05, 0) is 53.9 Å². The third kappa shape index (κ3) is 4.02. The van der Waals surface area contributed by atoms with Gasteiger partial charge in [-0.2, -0.15) is 4.98 Å². The van der Waals surface area contributed by atoms with Crippen LogP contribution in [0.25, 0.3) is 11.5 Å². The van der Waals surface area contributed by atoms with E-state index >= 15 is 0 Å². The molecular formula is C26H21ClN2O5S. The van der Waals surface area contributed by atoms with Crippen LogP contribution in [0.15, 0.2) is 81.1 Å². The van der Waals surface area contributed by atoms with Crippen LogP contribution in [-0.4, -0.2) is 33.2 Å². The smallest absolute Gasteiger partial charge is 0.236 e. The van der Waals surface area contributed by atoms with Gasteiger partial charge < -0.3 is 18.8 Å². The zero-order chi connectivity index (χ0) is 24.0. The maximum atomic E-state index is 13.9. The monoisotopic (exact) mass is 508 g/mol. The third-order valence-corrected chi connectivity index (χ3v) is 8.07. The van der Waals surface area contributed by atoms with Crippen molar-refractivity contribution in [2.24, 2.45) is 0 Å². The molecule has 1 aromatic heterocycles. The molecule has 0 atom stereocenters. The van der Waals surface area contributed by atoms with Crippen LogP contribution in [0.2, 0.25) is 5.02 Å². The lowest BCUT2D eigenvalue weighted by molar-refractivity contribution is 0.171. The summed E-state index contributed by atoms with van der Waals surface area (Å²) in [5.74, 6) is 1.35. The number of fused-ring (bicyclic) bond motifs is 2. The molecule has 0 aliphatic carbocycles. The molecule has 0 radical (unpaired) electrons. The summed E-state index contributed by atoms with van der Waals surface area (Å²) in [6, 6.07) is 19.7. The van der Waals surface area contributed by atoms with Crippen LogP contribution in [0, 0.1) is 0 Å². The van der Waals surface area contributed by atoms with Gasteiger partial charge in [0.1, 0.15) is 13.2 Å². The van der Waals surface area contributed by atoms with Crippen LogP contribution in [-0.2, 0) is 22.8 Å². The van der Waals surface area contributed by atoms with Crippen molar-refractivity contribution in [3.63, 3.8) is 0 Å². The summed E-state index contributed by atoms with van der Waals surface area (Å²) < 4.78 is 45.0. The molecule has 6 rings (SSSR count). The number of sulfone groups is 1. The SMILES string of the molecule is O=S(=O)(c1ccc2c(c1)OCCO2)c1nc(-c2ccc(Cl)cc2)oc1N1CCc2ccccc2C1. The minimum Gasteiger partial charge on any atom is -0.486 e. The van der Waals surface area contributed by atoms with Crippen LogP contribution >= 0.6 is 11.6 Å². The molecule has 0 amide bonds. The number of ether oxygens (including phenoxy) is 2. The van der Waals surface area contributed by atoms with E-state index in [2.05, 4.69) is 11.1 Å². The number of halogens is 1. The highest BCUT2D eigenvalue weighted by atomic mass is 35.5. The normalized spacial score (nSPS) is 15.1. The molecule has 0 bridgehead atoms. The average molecular weight is 509 g/mol. The molecule has 35 heavy (non-hydrogen) atoms. The molecule has 9 heteroatoms. The molecule has 4 aromatic rings. The number of hydrogen-bond acceptors (Lipinski definition) is 7. The topological polar surface area (TPSA) is 81.9 Å². The molecule has 3 heterocycles. The molecule has 2 aliphatic rings. The molecule has 0 saturated carbocycles. The summed E-state index contributed by atoms with van der Waals surface area (Å²) in [5.41, 5.74) is 3.01. The number of oxazole rings is 1. The van der Waals surface area contributed by atoms with Gasteiger partial charge in [-0.1, -0.05) is 35.9 Å². The van der Waals surface area contributed by atoms with Gasteiger partial charge >= 0.3 is 0 Å². The van der Waals surface area contributed by atoms with Crippen molar-refractivity contribution in [1.82, 2.24) is 4.98 Å². The Kier molecular flexibility index (Phi) is 5.42. The van der Waals surface area contributed by atoms with Crippen molar-refractivity contribution in [2.45, 2.75) is 22.9 Å². The molecule has 3 aromatic carbocycles. The minimum absolute atomic E-state index is 0.0661. The Balaban J connectivity index is 1.46. The van der Waals surface area contributed by atoms with E-state index in [0.29, 0.717) is 48.4 Å². The molecule has 0 N–H and O–H groups in total. The van der Waals surface area contributed by atoms with Crippen molar-refractivity contribution in [3.05, 3.63) is 82.9 Å². The van der Waals surface area contributed by atoms with E-state index in [1.165, 1.54) is 17.7 Å². The largest absolute Gasteiger partial charge is 0.486 e. The van der Waals surface area contributed by atoms with Crippen molar-refractivity contribution in [3.8, 4) is 23.0 Å². The molecule has 7 nitrogen and oxygen atoms in total. The average Bonchev–Trinajstić information content (AvgIpc) is 3.35. The van der Waals surface area contributed by atoms with E-state index in [9.17, 15) is 8.42 Å². The molecule has 2 aliphatic heterocycles. The second kappa shape index (κ2) is 8.62. The predicted octanol–water partition coefficient (Wildman–Crippen LogP) is 5.16. The van der Waals surface area contributed by atoms with E-state index in [4.69, 9.17) is 25.5 Å². The van der Waals surface area contributed by atoms with E-state index in [1.807, 2.05) is 23.1 Å². The van der Waals surface area contributed by atoms with Crippen molar-refractivity contribution in [2.75, 3.05) is 24.7 Å². The van der Waals surface area contributed by atoms with Crippen LogP contribution in [0.5, 0.6) is 11.5 Å². The summed E-state index contributed by atoms with van der Waals surface area (Å²) >= 11 is 6.04. The number of nitrogens with zero attached hydrogens (tertiary/aromatic N) is 2. The number of hydrogen-bond donors (Lipinski definition) is 0. The molecule has 178 valence electrons. The first-order valence-corrected chi connectivity index (χ1v) is 13.1. The molecule has 0 spiro atoms. The second-order valence-corrected chi connectivity index (χ2v) is 10.7. The Labute approximate surface area is 207 Å². The van der Waals surface area contributed by atoms with Gasteiger partial charge in [0.25, 0.3) is 0 Å². The van der Waals surface area contributed by atoms with Crippen LogP contribution in [0.1, 0.15) is 11.1 Å². The Morgan fingerprint density at radius 3 is 2.43 bits per heavy atom. The highest BCUT2D eigenvalue weighted by molar-refractivity contribution is 7.91. The first kappa shape index (κ1) is 22.0. The standard InChI is InChI=1S/C26H21ClN2O5S/c27-20-7-5-18(6-8-20)24-28-25(26(34-24)29-12-11-17-3-1-2-4-19(17)16-29)35(30,31)21-9-10-22-23(15-21)33-14-13-32-22/h1-10,15H,11-14,16H2. The van der Waals surface area contributed by atoms with E-state index < -0.39 is 9.84 Å². The molecule has 0 unspecified atom stereocenters. The zero-order valence-corrected chi connectivity index (χ0v) is 20.2.